The minimum atomic E-state index is 0.921. The predicted molar refractivity (Wildman–Crippen MR) is 67.2 cm³/mol. The minimum absolute atomic E-state index is 0.921. The standard InChI is InChI=1S/C12H16N2S/c1-13-9-14(2)7-10-8-15-12-6-4-3-5-11(10)12/h3-6,8,13H,7,9H2,1-2H3. The van der Waals surface area contributed by atoms with Crippen molar-refractivity contribution >= 4 is 21.4 Å². The van der Waals surface area contributed by atoms with Gasteiger partial charge in [-0.05, 0) is 36.5 Å². The summed E-state index contributed by atoms with van der Waals surface area (Å²) in [5, 5.41) is 6.81. The van der Waals surface area contributed by atoms with Crippen molar-refractivity contribution in [3.05, 3.63) is 35.2 Å². The van der Waals surface area contributed by atoms with E-state index in [1.807, 2.05) is 18.4 Å². The Morgan fingerprint density at radius 1 is 1.33 bits per heavy atom. The highest BCUT2D eigenvalue weighted by Crippen LogP contribution is 2.26. The highest BCUT2D eigenvalue weighted by Gasteiger charge is 2.05. The van der Waals surface area contributed by atoms with Crippen LogP contribution >= 0.6 is 11.3 Å². The normalized spacial score (nSPS) is 11.4. The number of hydrogen-bond acceptors (Lipinski definition) is 3. The van der Waals surface area contributed by atoms with Gasteiger partial charge in [-0.2, -0.15) is 0 Å². The van der Waals surface area contributed by atoms with Crippen LogP contribution in [-0.2, 0) is 6.54 Å². The van der Waals surface area contributed by atoms with Crippen LogP contribution in [-0.4, -0.2) is 25.7 Å². The summed E-state index contributed by atoms with van der Waals surface area (Å²) < 4.78 is 1.38. The van der Waals surface area contributed by atoms with E-state index in [0.29, 0.717) is 0 Å². The van der Waals surface area contributed by atoms with E-state index in [1.54, 1.807) is 0 Å². The Bertz CT molecular complexity index is 436. The van der Waals surface area contributed by atoms with Crippen LogP contribution in [0.2, 0.25) is 0 Å². The smallest absolute Gasteiger partial charge is 0.0478 e. The van der Waals surface area contributed by atoms with Crippen LogP contribution in [0.3, 0.4) is 0 Å². The van der Waals surface area contributed by atoms with Crippen LogP contribution in [0.5, 0.6) is 0 Å². The summed E-state index contributed by atoms with van der Waals surface area (Å²) >= 11 is 1.83. The molecule has 15 heavy (non-hydrogen) atoms. The van der Waals surface area contributed by atoms with Crippen molar-refractivity contribution in [1.82, 2.24) is 10.2 Å². The molecule has 0 saturated heterocycles. The molecular weight excluding hydrogens is 204 g/mol. The van der Waals surface area contributed by atoms with E-state index >= 15 is 0 Å². The Hall–Kier alpha value is -0.900. The quantitative estimate of drug-likeness (QED) is 0.796. The average Bonchev–Trinajstić information content (AvgIpc) is 2.62. The SMILES string of the molecule is CNCN(C)Cc1csc2ccccc12. The van der Waals surface area contributed by atoms with Gasteiger partial charge in [-0.1, -0.05) is 18.2 Å². The Balaban J connectivity index is 2.21. The van der Waals surface area contributed by atoms with Crippen molar-refractivity contribution < 1.29 is 0 Å². The van der Waals surface area contributed by atoms with Gasteiger partial charge in [0.15, 0.2) is 0 Å². The highest BCUT2D eigenvalue weighted by molar-refractivity contribution is 7.17. The minimum Gasteiger partial charge on any atom is -0.307 e. The zero-order chi connectivity index (χ0) is 10.7. The number of thiophene rings is 1. The van der Waals surface area contributed by atoms with Crippen molar-refractivity contribution in [2.24, 2.45) is 0 Å². The average molecular weight is 220 g/mol. The number of hydrogen-bond donors (Lipinski definition) is 1. The first-order chi connectivity index (χ1) is 7.31. The third-order valence-corrected chi connectivity index (χ3v) is 3.44. The summed E-state index contributed by atoms with van der Waals surface area (Å²) in [6.07, 6.45) is 0. The molecule has 0 atom stereocenters. The maximum atomic E-state index is 3.16. The van der Waals surface area contributed by atoms with Gasteiger partial charge in [-0.3, -0.25) is 4.90 Å². The maximum absolute atomic E-state index is 3.16. The van der Waals surface area contributed by atoms with Crippen LogP contribution in [0.1, 0.15) is 5.56 Å². The molecule has 2 rings (SSSR count). The molecule has 1 N–H and O–H groups in total. The Morgan fingerprint density at radius 3 is 2.93 bits per heavy atom. The molecule has 1 aromatic heterocycles. The number of benzene rings is 1. The van der Waals surface area contributed by atoms with E-state index in [2.05, 4.69) is 46.9 Å². The molecule has 1 heterocycles. The first-order valence-corrected chi connectivity index (χ1v) is 5.97. The maximum Gasteiger partial charge on any atom is 0.0478 e. The van der Waals surface area contributed by atoms with Gasteiger partial charge < -0.3 is 5.32 Å². The van der Waals surface area contributed by atoms with Crippen molar-refractivity contribution in [2.75, 3.05) is 20.8 Å². The van der Waals surface area contributed by atoms with Crippen molar-refractivity contribution in [3.63, 3.8) is 0 Å². The topological polar surface area (TPSA) is 15.3 Å². The molecule has 80 valence electrons. The Morgan fingerprint density at radius 2 is 2.13 bits per heavy atom. The summed E-state index contributed by atoms with van der Waals surface area (Å²) in [6.45, 7) is 1.93. The van der Waals surface area contributed by atoms with Gasteiger partial charge in [-0.25, -0.2) is 0 Å². The molecule has 0 saturated carbocycles. The molecule has 0 amide bonds. The zero-order valence-corrected chi connectivity index (χ0v) is 9.97. The number of fused-ring (bicyclic) bond motifs is 1. The van der Waals surface area contributed by atoms with Gasteiger partial charge in [-0.15, -0.1) is 11.3 Å². The first kappa shape index (κ1) is 10.6. The number of nitrogens with zero attached hydrogens (tertiary/aromatic N) is 1. The van der Waals surface area contributed by atoms with E-state index in [1.165, 1.54) is 15.6 Å². The summed E-state index contributed by atoms with van der Waals surface area (Å²) in [4.78, 5) is 2.27. The van der Waals surface area contributed by atoms with Gasteiger partial charge in [0.1, 0.15) is 0 Å². The molecule has 0 radical (unpaired) electrons. The molecule has 0 spiro atoms. The zero-order valence-electron chi connectivity index (χ0n) is 9.16. The van der Waals surface area contributed by atoms with Crippen molar-refractivity contribution in [3.8, 4) is 0 Å². The number of rotatable bonds is 4. The first-order valence-electron chi connectivity index (χ1n) is 5.09. The predicted octanol–water partition coefficient (Wildman–Crippen LogP) is 2.51. The lowest BCUT2D eigenvalue weighted by Gasteiger charge is -2.15. The fourth-order valence-electron chi connectivity index (χ4n) is 1.77. The lowest BCUT2D eigenvalue weighted by atomic mass is 10.2. The molecule has 2 aromatic rings. The molecule has 0 bridgehead atoms. The highest BCUT2D eigenvalue weighted by atomic mass is 32.1. The second-order valence-electron chi connectivity index (χ2n) is 3.78. The molecule has 1 aromatic carbocycles. The van der Waals surface area contributed by atoms with Crippen LogP contribution < -0.4 is 5.32 Å². The molecule has 0 aliphatic heterocycles. The van der Waals surface area contributed by atoms with Gasteiger partial charge >= 0.3 is 0 Å². The van der Waals surface area contributed by atoms with Crippen LogP contribution in [0.25, 0.3) is 10.1 Å². The largest absolute Gasteiger partial charge is 0.307 e. The van der Waals surface area contributed by atoms with Crippen molar-refractivity contribution in [1.29, 1.82) is 0 Å². The second kappa shape index (κ2) is 4.75. The second-order valence-corrected chi connectivity index (χ2v) is 4.69. The van der Waals surface area contributed by atoms with Gasteiger partial charge in [0.05, 0.1) is 0 Å². The van der Waals surface area contributed by atoms with Crippen molar-refractivity contribution in [2.45, 2.75) is 6.54 Å². The van der Waals surface area contributed by atoms with Crippen LogP contribution in [0.4, 0.5) is 0 Å². The fraction of sp³-hybridized carbons (Fsp3) is 0.333. The van der Waals surface area contributed by atoms with E-state index < -0.39 is 0 Å². The molecule has 2 nitrogen and oxygen atoms in total. The van der Waals surface area contributed by atoms with E-state index in [0.717, 1.165) is 13.2 Å². The monoisotopic (exact) mass is 220 g/mol. The molecule has 0 fully saturated rings. The van der Waals surface area contributed by atoms with Gasteiger partial charge in [0, 0.05) is 17.9 Å². The Kier molecular flexibility index (Phi) is 3.36. The molecule has 3 heteroatoms. The van der Waals surface area contributed by atoms with Gasteiger partial charge in [0.25, 0.3) is 0 Å². The van der Waals surface area contributed by atoms with Crippen LogP contribution in [0.15, 0.2) is 29.6 Å². The number of nitrogens with one attached hydrogen (secondary N) is 1. The molecule has 0 aliphatic rings. The summed E-state index contributed by atoms with van der Waals surface area (Å²) in [5.74, 6) is 0. The third-order valence-electron chi connectivity index (χ3n) is 2.43. The summed E-state index contributed by atoms with van der Waals surface area (Å²) in [7, 11) is 4.10. The van der Waals surface area contributed by atoms with Crippen LogP contribution in [0, 0.1) is 0 Å². The third kappa shape index (κ3) is 2.37. The fourth-order valence-corrected chi connectivity index (χ4v) is 2.73. The molecule has 0 unspecified atom stereocenters. The van der Waals surface area contributed by atoms with E-state index in [4.69, 9.17) is 0 Å². The molecular formula is C12H16N2S. The molecule has 0 aliphatic carbocycles. The summed E-state index contributed by atoms with van der Waals surface area (Å²) in [6, 6.07) is 8.59. The summed E-state index contributed by atoms with van der Waals surface area (Å²) in [5.41, 5.74) is 1.42. The lowest BCUT2D eigenvalue weighted by molar-refractivity contribution is 0.311. The van der Waals surface area contributed by atoms with E-state index in [9.17, 15) is 0 Å². The Labute approximate surface area is 94.5 Å². The lowest BCUT2D eigenvalue weighted by Crippen LogP contribution is -2.27. The van der Waals surface area contributed by atoms with Gasteiger partial charge in [0.2, 0.25) is 0 Å². The van der Waals surface area contributed by atoms with E-state index in [-0.39, 0.29) is 0 Å².